The maximum atomic E-state index is 13.5. The van der Waals surface area contributed by atoms with E-state index in [2.05, 4.69) is 37.8 Å². The fraction of sp³-hybridized carbons (Fsp3) is 0.552. The molecule has 0 aliphatic rings. The van der Waals surface area contributed by atoms with Crippen LogP contribution in [0.2, 0.25) is 0 Å². The Labute approximate surface area is 248 Å². The molecule has 5 N–H and O–H groups in total. The van der Waals surface area contributed by atoms with Crippen molar-refractivity contribution in [3.05, 3.63) is 57.8 Å². The zero-order valence-corrected chi connectivity index (χ0v) is 25.7. The molecule has 13 heteroatoms. The molecule has 12 nitrogen and oxygen atoms in total. The van der Waals surface area contributed by atoms with E-state index in [1.54, 1.807) is 12.1 Å². The summed E-state index contributed by atoms with van der Waals surface area (Å²) >= 11 is 0. The number of rotatable bonds is 16. The van der Waals surface area contributed by atoms with Crippen molar-refractivity contribution in [2.75, 3.05) is 12.8 Å². The number of azide groups is 1. The van der Waals surface area contributed by atoms with Crippen LogP contribution in [0.4, 0.5) is 0 Å². The van der Waals surface area contributed by atoms with Crippen LogP contribution in [0.3, 0.4) is 0 Å². The maximum Gasteiger partial charge on any atom is 0.243 e. The van der Waals surface area contributed by atoms with Crippen molar-refractivity contribution >= 4 is 27.6 Å². The lowest BCUT2D eigenvalue weighted by Crippen LogP contribution is -2.56. The zero-order chi connectivity index (χ0) is 31.7. The summed E-state index contributed by atoms with van der Waals surface area (Å²) in [6.07, 6.45) is 3.19. The highest BCUT2D eigenvalue weighted by Gasteiger charge is 2.30. The first kappa shape index (κ1) is 36.2. The summed E-state index contributed by atoms with van der Waals surface area (Å²) in [6, 6.07) is 5.26. The Morgan fingerprint density at radius 1 is 0.952 bits per heavy atom. The summed E-state index contributed by atoms with van der Waals surface area (Å²) in [5.74, 6) is 3.80. The van der Waals surface area contributed by atoms with Gasteiger partial charge in [-0.05, 0) is 42.2 Å². The Morgan fingerprint density at radius 2 is 1.50 bits per heavy atom. The van der Waals surface area contributed by atoms with Crippen LogP contribution in [0.5, 0.6) is 0 Å². The molecule has 0 spiro atoms. The highest BCUT2D eigenvalue weighted by molar-refractivity contribution is 7.93. The molecular formula is C29H43N7O5S. The molecule has 0 bridgehead atoms. The predicted molar refractivity (Wildman–Crippen MR) is 163 cm³/mol. The van der Waals surface area contributed by atoms with Gasteiger partial charge >= 0.3 is 0 Å². The van der Waals surface area contributed by atoms with Crippen LogP contribution in [0, 0.1) is 23.7 Å². The molecule has 0 saturated carbocycles. The molecule has 0 aliphatic heterocycles. The zero-order valence-electron chi connectivity index (χ0n) is 24.9. The monoisotopic (exact) mass is 601 g/mol. The Kier molecular flexibility index (Phi) is 16.0. The maximum absolute atomic E-state index is 13.5. The fourth-order valence-electron chi connectivity index (χ4n) is 3.97. The minimum atomic E-state index is -3.45. The molecule has 3 amide bonds. The molecule has 0 aliphatic carbocycles. The first-order valence-corrected chi connectivity index (χ1v) is 15.7. The van der Waals surface area contributed by atoms with E-state index in [1.807, 2.05) is 45.9 Å². The summed E-state index contributed by atoms with van der Waals surface area (Å²) in [6.45, 7) is 7.67. The van der Waals surface area contributed by atoms with Gasteiger partial charge in [-0.25, -0.2) is 8.42 Å². The fourth-order valence-corrected chi connectivity index (χ4v) is 4.45. The van der Waals surface area contributed by atoms with Crippen LogP contribution in [-0.2, 0) is 30.6 Å². The van der Waals surface area contributed by atoms with Gasteiger partial charge in [0.25, 0.3) is 0 Å². The minimum Gasteiger partial charge on any atom is -0.347 e. The van der Waals surface area contributed by atoms with Crippen LogP contribution in [0.15, 0.2) is 46.9 Å². The molecule has 4 atom stereocenters. The number of carbonyl (C=O) groups is 3. The third-order valence-electron chi connectivity index (χ3n) is 5.88. The molecule has 1 aromatic carbocycles. The number of carbonyl (C=O) groups excluding carboxylic acids is 3. The summed E-state index contributed by atoms with van der Waals surface area (Å²) in [7, 11) is -3.45. The molecule has 230 valence electrons. The predicted octanol–water partition coefficient (Wildman–Crippen LogP) is 2.37. The van der Waals surface area contributed by atoms with Crippen molar-refractivity contribution in [3.8, 4) is 11.8 Å². The third kappa shape index (κ3) is 15.2. The summed E-state index contributed by atoms with van der Waals surface area (Å²) in [5.41, 5.74) is 15.2. The van der Waals surface area contributed by atoms with Crippen LogP contribution in [0.1, 0.15) is 52.5 Å². The summed E-state index contributed by atoms with van der Waals surface area (Å²) in [5, 5.41) is 12.8. The molecule has 0 radical (unpaired) electrons. The van der Waals surface area contributed by atoms with E-state index in [0.29, 0.717) is 0 Å². The number of hydrogen-bond acceptors (Lipinski definition) is 7. The molecule has 1 rings (SSSR count). The van der Waals surface area contributed by atoms with Gasteiger partial charge in [0.2, 0.25) is 17.7 Å². The van der Waals surface area contributed by atoms with Gasteiger partial charge in [-0.1, -0.05) is 81.1 Å². The van der Waals surface area contributed by atoms with Crippen LogP contribution in [0.25, 0.3) is 10.4 Å². The SMILES string of the molecule is CC(C)C[C@H](NC(=O)[C@H](Cc1ccccc1)N=[N+]=[N-])C(=O)N[C@@H](CC(C)C)C(=O)N[C@H](/C=C/S(C)(=O)=O)CC#CCN. The first-order chi connectivity index (χ1) is 19.7. The van der Waals surface area contributed by atoms with Gasteiger partial charge in [0.05, 0.1) is 12.6 Å². The molecule has 42 heavy (non-hydrogen) atoms. The first-order valence-electron chi connectivity index (χ1n) is 13.8. The van der Waals surface area contributed by atoms with Gasteiger partial charge in [0.15, 0.2) is 9.84 Å². The number of hydrogen-bond donors (Lipinski definition) is 4. The Bertz CT molecular complexity index is 1280. The highest BCUT2D eigenvalue weighted by atomic mass is 32.2. The standard InChI is InChI=1S/C29H43N7O5S/c1-20(2)17-24(27(37)32-23(13-9-10-15-30)14-16-42(5,40)41)33-28(38)25(18-21(3)4)34-29(39)26(35-36-31)19-22-11-7-6-8-12-22/h6-8,11-12,14,16,20-21,23-26H,13,15,17-19,30H2,1-5H3,(H,32,37)(H,33,38)(H,34,39)/b16-14+/t23-,24-,25-,26-/m0/s1. The van der Waals surface area contributed by atoms with E-state index in [4.69, 9.17) is 11.3 Å². The van der Waals surface area contributed by atoms with Gasteiger partial charge in [0.1, 0.15) is 18.1 Å². The molecule has 0 aromatic heterocycles. The molecule has 1 aromatic rings. The normalized spacial score (nSPS) is 14.2. The van der Waals surface area contributed by atoms with Crippen molar-refractivity contribution in [1.29, 1.82) is 0 Å². The van der Waals surface area contributed by atoms with Crippen LogP contribution >= 0.6 is 0 Å². The van der Waals surface area contributed by atoms with E-state index in [0.717, 1.165) is 17.2 Å². The van der Waals surface area contributed by atoms with Gasteiger partial charge in [-0.3, -0.25) is 14.4 Å². The lowest BCUT2D eigenvalue weighted by Gasteiger charge is -2.26. The number of benzene rings is 1. The number of nitrogens with one attached hydrogen (secondary N) is 3. The highest BCUT2D eigenvalue weighted by Crippen LogP contribution is 2.12. The number of nitrogens with zero attached hydrogens (tertiary/aromatic N) is 3. The van der Waals surface area contributed by atoms with Crippen molar-refractivity contribution in [2.45, 2.75) is 77.5 Å². The minimum absolute atomic E-state index is 0.0112. The lowest BCUT2D eigenvalue weighted by molar-refractivity contribution is -0.133. The number of sulfone groups is 1. The smallest absolute Gasteiger partial charge is 0.243 e. The van der Waals surface area contributed by atoms with E-state index in [1.165, 1.54) is 6.08 Å². The van der Waals surface area contributed by atoms with Gasteiger partial charge in [-0.2, -0.15) is 0 Å². The second-order valence-electron chi connectivity index (χ2n) is 10.8. The molecule has 0 heterocycles. The molecular weight excluding hydrogens is 558 g/mol. The van der Waals surface area contributed by atoms with Crippen LogP contribution < -0.4 is 21.7 Å². The van der Waals surface area contributed by atoms with Crippen molar-refractivity contribution in [3.63, 3.8) is 0 Å². The van der Waals surface area contributed by atoms with E-state index < -0.39 is 51.7 Å². The summed E-state index contributed by atoms with van der Waals surface area (Å²) < 4.78 is 23.3. The van der Waals surface area contributed by atoms with Crippen molar-refractivity contribution < 1.29 is 22.8 Å². The van der Waals surface area contributed by atoms with Crippen LogP contribution in [-0.4, -0.2) is 63.1 Å². The lowest BCUT2D eigenvalue weighted by atomic mass is 9.99. The second kappa shape index (κ2) is 18.6. The Balaban J connectivity index is 3.16. The van der Waals surface area contributed by atoms with E-state index in [-0.39, 0.29) is 44.1 Å². The third-order valence-corrected chi connectivity index (χ3v) is 6.53. The molecule has 0 fully saturated rings. The van der Waals surface area contributed by atoms with E-state index >= 15 is 0 Å². The summed E-state index contributed by atoms with van der Waals surface area (Å²) in [4.78, 5) is 42.7. The van der Waals surface area contributed by atoms with Crippen molar-refractivity contribution in [1.82, 2.24) is 16.0 Å². The average Bonchev–Trinajstić information content (AvgIpc) is 2.90. The molecule has 0 unspecified atom stereocenters. The second-order valence-corrected chi connectivity index (χ2v) is 12.8. The topological polar surface area (TPSA) is 196 Å². The van der Waals surface area contributed by atoms with E-state index in [9.17, 15) is 22.8 Å². The average molecular weight is 602 g/mol. The Morgan fingerprint density at radius 3 is 2.00 bits per heavy atom. The number of nitrogens with two attached hydrogens (primary N) is 1. The molecule has 0 saturated heterocycles. The quantitative estimate of drug-likeness (QED) is 0.0971. The van der Waals surface area contributed by atoms with Gasteiger partial charge < -0.3 is 21.7 Å². The number of amides is 3. The Hall–Kier alpha value is -3.85. The largest absolute Gasteiger partial charge is 0.347 e. The van der Waals surface area contributed by atoms with Crippen molar-refractivity contribution in [2.24, 2.45) is 22.7 Å². The van der Waals surface area contributed by atoms with Gasteiger partial charge in [0, 0.05) is 23.0 Å². The van der Waals surface area contributed by atoms with Gasteiger partial charge in [-0.15, -0.1) is 0 Å².